The SMILES string of the molecule is COc1ccc(CNC(=O)c2ccc(N(C)S(=O)(=O)c3ccc(OC)cc3)cc2)cc1. The summed E-state index contributed by atoms with van der Waals surface area (Å²) in [6.07, 6.45) is 0. The van der Waals surface area contributed by atoms with E-state index in [0.717, 1.165) is 11.3 Å². The van der Waals surface area contributed by atoms with Gasteiger partial charge in [-0.3, -0.25) is 9.10 Å². The molecule has 0 saturated carbocycles. The van der Waals surface area contributed by atoms with Crippen molar-refractivity contribution in [2.45, 2.75) is 11.4 Å². The summed E-state index contributed by atoms with van der Waals surface area (Å²) < 4.78 is 37.1. The minimum atomic E-state index is -3.74. The highest BCUT2D eigenvalue weighted by Gasteiger charge is 2.21. The van der Waals surface area contributed by atoms with Crippen LogP contribution in [0.1, 0.15) is 15.9 Å². The van der Waals surface area contributed by atoms with Crippen LogP contribution < -0.4 is 19.1 Å². The normalized spacial score (nSPS) is 10.9. The van der Waals surface area contributed by atoms with E-state index in [0.29, 0.717) is 23.5 Å². The molecular formula is C23H24N2O5S. The molecule has 0 aliphatic carbocycles. The van der Waals surface area contributed by atoms with E-state index >= 15 is 0 Å². The lowest BCUT2D eigenvalue weighted by Gasteiger charge is -2.20. The Morgan fingerprint density at radius 2 is 1.35 bits per heavy atom. The van der Waals surface area contributed by atoms with Crippen molar-refractivity contribution in [1.82, 2.24) is 5.32 Å². The molecule has 0 fully saturated rings. The Morgan fingerprint density at radius 3 is 1.87 bits per heavy atom. The fourth-order valence-electron chi connectivity index (χ4n) is 2.90. The number of carbonyl (C=O) groups excluding carboxylic acids is 1. The van der Waals surface area contributed by atoms with Crippen LogP contribution in [0, 0.1) is 0 Å². The fourth-order valence-corrected chi connectivity index (χ4v) is 4.09. The van der Waals surface area contributed by atoms with Crippen LogP contribution in [0.15, 0.2) is 77.7 Å². The lowest BCUT2D eigenvalue weighted by atomic mass is 10.1. The van der Waals surface area contributed by atoms with Crippen molar-refractivity contribution in [3.8, 4) is 11.5 Å². The van der Waals surface area contributed by atoms with E-state index < -0.39 is 10.0 Å². The number of nitrogens with zero attached hydrogens (tertiary/aromatic N) is 1. The van der Waals surface area contributed by atoms with Crippen molar-refractivity contribution in [3.05, 3.63) is 83.9 Å². The highest BCUT2D eigenvalue weighted by molar-refractivity contribution is 7.92. The number of amides is 1. The molecule has 0 heterocycles. The summed E-state index contributed by atoms with van der Waals surface area (Å²) in [5, 5.41) is 2.84. The molecule has 162 valence electrons. The van der Waals surface area contributed by atoms with Gasteiger partial charge in [0.25, 0.3) is 15.9 Å². The molecule has 0 aliphatic rings. The minimum Gasteiger partial charge on any atom is -0.497 e. The number of sulfonamides is 1. The molecule has 0 atom stereocenters. The first-order chi connectivity index (χ1) is 14.8. The van der Waals surface area contributed by atoms with Crippen LogP contribution in [0.3, 0.4) is 0 Å². The van der Waals surface area contributed by atoms with Gasteiger partial charge in [-0.25, -0.2) is 8.42 Å². The molecule has 0 aromatic heterocycles. The van der Waals surface area contributed by atoms with Gasteiger partial charge in [-0.15, -0.1) is 0 Å². The summed E-state index contributed by atoms with van der Waals surface area (Å²) in [6.45, 7) is 0.371. The van der Waals surface area contributed by atoms with Crippen molar-refractivity contribution >= 4 is 21.6 Å². The molecule has 0 radical (unpaired) electrons. The number of methoxy groups -OCH3 is 2. The van der Waals surface area contributed by atoms with Gasteiger partial charge in [0.2, 0.25) is 0 Å². The van der Waals surface area contributed by atoms with Crippen LogP contribution >= 0.6 is 0 Å². The third-order valence-corrected chi connectivity index (χ3v) is 6.62. The third-order valence-electron chi connectivity index (χ3n) is 4.82. The van der Waals surface area contributed by atoms with Gasteiger partial charge in [0, 0.05) is 19.2 Å². The molecule has 3 aromatic rings. The number of rotatable bonds is 8. The Bertz CT molecular complexity index is 1130. The quantitative estimate of drug-likeness (QED) is 0.580. The molecule has 1 amide bonds. The van der Waals surface area contributed by atoms with E-state index in [-0.39, 0.29) is 10.8 Å². The van der Waals surface area contributed by atoms with Gasteiger partial charge >= 0.3 is 0 Å². The molecule has 3 rings (SSSR count). The van der Waals surface area contributed by atoms with Crippen molar-refractivity contribution in [3.63, 3.8) is 0 Å². The Hall–Kier alpha value is -3.52. The van der Waals surface area contributed by atoms with E-state index in [1.165, 1.54) is 30.6 Å². The molecule has 7 nitrogen and oxygen atoms in total. The largest absolute Gasteiger partial charge is 0.497 e. The minimum absolute atomic E-state index is 0.150. The first kappa shape index (κ1) is 22.2. The van der Waals surface area contributed by atoms with Gasteiger partial charge in [0.15, 0.2) is 0 Å². The van der Waals surface area contributed by atoms with Crippen LogP contribution in [0.2, 0.25) is 0 Å². The Morgan fingerprint density at radius 1 is 0.839 bits per heavy atom. The zero-order valence-electron chi connectivity index (χ0n) is 17.5. The van der Waals surface area contributed by atoms with Crippen molar-refractivity contribution in [2.75, 3.05) is 25.6 Å². The Labute approximate surface area is 182 Å². The molecule has 0 bridgehead atoms. The molecule has 0 saturated heterocycles. The van der Waals surface area contributed by atoms with Gasteiger partial charge in [-0.05, 0) is 66.2 Å². The number of anilines is 1. The lowest BCUT2D eigenvalue weighted by Crippen LogP contribution is -2.27. The maximum atomic E-state index is 12.9. The van der Waals surface area contributed by atoms with Crippen LogP contribution in [0.4, 0.5) is 5.69 Å². The first-order valence-corrected chi connectivity index (χ1v) is 10.9. The molecule has 3 aromatic carbocycles. The summed E-state index contributed by atoms with van der Waals surface area (Å²) in [5.74, 6) is 1.08. The van der Waals surface area contributed by atoms with Crippen LogP contribution in [0.25, 0.3) is 0 Å². The summed E-state index contributed by atoms with van der Waals surface area (Å²) >= 11 is 0. The second-order valence-corrected chi connectivity index (χ2v) is 8.69. The highest BCUT2D eigenvalue weighted by Crippen LogP contribution is 2.24. The summed E-state index contributed by atoms with van der Waals surface area (Å²) in [4.78, 5) is 12.6. The number of hydrogen-bond donors (Lipinski definition) is 1. The fraction of sp³-hybridized carbons (Fsp3) is 0.174. The number of carbonyl (C=O) groups is 1. The number of ether oxygens (including phenoxy) is 2. The average Bonchev–Trinajstić information content (AvgIpc) is 2.82. The Balaban J connectivity index is 1.67. The number of hydrogen-bond acceptors (Lipinski definition) is 5. The predicted octanol–water partition coefficient (Wildman–Crippen LogP) is 3.46. The molecule has 0 unspecified atom stereocenters. The van der Waals surface area contributed by atoms with Gasteiger partial charge in [-0.2, -0.15) is 0 Å². The van der Waals surface area contributed by atoms with Gasteiger partial charge in [0.1, 0.15) is 11.5 Å². The predicted molar refractivity (Wildman–Crippen MR) is 119 cm³/mol. The van der Waals surface area contributed by atoms with Crippen LogP contribution in [0.5, 0.6) is 11.5 Å². The number of nitrogens with one attached hydrogen (secondary N) is 1. The van der Waals surface area contributed by atoms with E-state index in [2.05, 4.69) is 5.32 Å². The first-order valence-electron chi connectivity index (χ1n) is 9.49. The number of benzene rings is 3. The lowest BCUT2D eigenvalue weighted by molar-refractivity contribution is 0.0951. The van der Waals surface area contributed by atoms with Gasteiger partial charge < -0.3 is 14.8 Å². The van der Waals surface area contributed by atoms with E-state index in [1.54, 1.807) is 43.5 Å². The monoisotopic (exact) mass is 440 g/mol. The van der Waals surface area contributed by atoms with Crippen LogP contribution in [-0.4, -0.2) is 35.6 Å². The van der Waals surface area contributed by atoms with Gasteiger partial charge in [-0.1, -0.05) is 12.1 Å². The second-order valence-electron chi connectivity index (χ2n) is 6.73. The standard InChI is InChI=1S/C23H24N2O5S/c1-25(31(27,28)22-14-12-21(30-3)13-15-22)19-8-6-18(7-9-19)23(26)24-16-17-4-10-20(29-2)11-5-17/h4-15H,16H2,1-3H3,(H,24,26). The molecule has 0 spiro atoms. The summed E-state index contributed by atoms with van der Waals surface area (Å²) in [5.41, 5.74) is 1.83. The maximum absolute atomic E-state index is 12.9. The average molecular weight is 441 g/mol. The van der Waals surface area contributed by atoms with Gasteiger partial charge in [0.05, 0.1) is 24.8 Å². The zero-order chi connectivity index (χ0) is 22.4. The van der Waals surface area contributed by atoms with E-state index in [4.69, 9.17) is 9.47 Å². The zero-order valence-corrected chi connectivity index (χ0v) is 18.3. The van der Waals surface area contributed by atoms with Crippen LogP contribution in [-0.2, 0) is 16.6 Å². The summed E-state index contributed by atoms with van der Waals surface area (Å²) in [6, 6.07) is 20.0. The molecular weight excluding hydrogens is 416 g/mol. The maximum Gasteiger partial charge on any atom is 0.264 e. The second kappa shape index (κ2) is 9.53. The smallest absolute Gasteiger partial charge is 0.264 e. The van der Waals surface area contributed by atoms with Crippen molar-refractivity contribution in [2.24, 2.45) is 0 Å². The molecule has 1 N–H and O–H groups in total. The van der Waals surface area contributed by atoms with E-state index in [9.17, 15) is 13.2 Å². The van der Waals surface area contributed by atoms with Crippen molar-refractivity contribution in [1.29, 1.82) is 0 Å². The molecule has 8 heteroatoms. The molecule has 31 heavy (non-hydrogen) atoms. The van der Waals surface area contributed by atoms with Crippen molar-refractivity contribution < 1.29 is 22.7 Å². The van der Waals surface area contributed by atoms with E-state index in [1.807, 2.05) is 24.3 Å². The highest BCUT2D eigenvalue weighted by atomic mass is 32.2. The topological polar surface area (TPSA) is 84.9 Å². The summed E-state index contributed by atoms with van der Waals surface area (Å²) in [7, 11) is 0.851. The molecule has 0 aliphatic heterocycles. The third kappa shape index (κ3) is 5.16. The Kier molecular flexibility index (Phi) is 6.81.